The van der Waals surface area contributed by atoms with Crippen LogP contribution in [0.4, 0.5) is 0 Å². The molecule has 0 N–H and O–H groups in total. The number of hydrogen-bond donors (Lipinski definition) is 0. The normalized spacial score (nSPS) is 13.1. The zero-order chi connectivity index (χ0) is 14.0. The first-order valence-corrected chi connectivity index (χ1v) is 9.95. The van der Waals surface area contributed by atoms with Gasteiger partial charge < -0.3 is 4.43 Å². The van der Waals surface area contributed by atoms with Crippen LogP contribution in [0, 0.1) is 5.92 Å². The molecule has 18 heavy (non-hydrogen) atoms. The SMILES string of the molecule is C=CCC(CCCC)C(=O)O[Si](CC)(CC)CC. The van der Waals surface area contributed by atoms with Gasteiger partial charge >= 0.3 is 0 Å². The van der Waals surface area contributed by atoms with Gasteiger partial charge in [0.2, 0.25) is 0 Å². The number of unbranched alkanes of at least 4 members (excludes halogenated alkanes) is 1. The average Bonchev–Trinajstić information content (AvgIpc) is 2.40. The van der Waals surface area contributed by atoms with Crippen molar-refractivity contribution in [2.24, 2.45) is 5.92 Å². The number of rotatable bonds is 10. The van der Waals surface area contributed by atoms with Crippen LogP contribution in [0.5, 0.6) is 0 Å². The molecule has 0 aliphatic carbocycles. The van der Waals surface area contributed by atoms with Crippen molar-refractivity contribution in [1.82, 2.24) is 0 Å². The summed E-state index contributed by atoms with van der Waals surface area (Å²) in [6.45, 7) is 12.4. The lowest BCUT2D eigenvalue weighted by atomic mass is 9.99. The highest BCUT2D eigenvalue weighted by Crippen LogP contribution is 2.25. The molecule has 0 rings (SSSR count). The van der Waals surface area contributed by atoms with Gasteiger partial charge in [0, 0.05) is 0 Å². The minimum atomic E-state index is -1.80. The van der Waals surface area contributed by atoms with Crippen LogP contribution in [0.15, 0.2) is 12.7 Å². The maximum Gasteiger partial charge on any atom is 0.295 e. The number of carbonyl (C=O) groups excluding carboxylic acids is 1. The van der Waals surface area contributed by atoms with E-state index in [0.717, 1.165) is 43.8 Å². The van der Waals surface area contributed by atoms with Gasteiger partial charge in [-0.1, -0.05) is 46.6 Å². The quantitative estimate of drug-likeness (QED) is 0.416. The minimum absolute atomic E-state index is 0.0268. The van der Waals surface area contributed by atoms with Crippen molar-refractivity contribution in [2.45, 2.75) is 71.5 Å². The zero-order valence-electron chi connectivity index (χ0n) is 12.6. The van der Waals surface area contributed by atoms with E-state index in [1.807, 2.05) is 6.08 Å². The molecule has 0 radical (unpaired) electrons. The van der Waals surface area contributed by atoms with E-state index >= 15 is 0 Å². The van der Waals surface area contributed by atoms with Crippen LogP contribution in [0.1, 0.15) is 53.4 Å². The fourth-order valence-corrected chi connectivity index (χ4v) is 4.77. The van der Waals surface area contributed by atoms with Crippen LogP contribution in [-0.2, 0) is 9.22 Å². The van der Waals surface area contributed by atoms with Crippen molar-refractivity contribution in [3.8, 4) is 0 Å². The third-order valence-corrected chi connectivity index (χ3v) is 8.44. The number of hydrogen-bond acceptors (Lipinski definition) is 2. The summed E-state index contributed by atoms with van der Waals surface area (Å²) in [4.78, 5) is 12.3. The van der Waals surface area contributed by atoms with Crippen LogP contribution in [0.2, 0.25) is 18.1 Å². The molecule has 106 valence electrons. The molecule has 0 aromatic heterocycles. The highest BCUT2D eigenvalue weighted by atomic mass is 28.4. The third-order valence-electron chi connectivity index (χ3n) is 3.94. The van der Waals surface area contributed by atoms with Crippen molar-refractivity contribution in [3.05, 3.63) is 12.7 Å². The molecule has 0 amide bonds. The van der Waals surface area contributed by atoms with E-state index in [1.165, 1.54) is 0 Å². The van der Waals surface area contributed by atoms with Crippen LogP contribution in [0.25, 0.3) is 0 Å². The minimum Gasteiger partial charge on any atom is -0.519 e. The number of allylic oxidation sites excluding steroid dienone is 1. The Morgan fingerprint density at radius 3 is 2.17 bits per heavy atom. The zero-order valence-corrected chi connectivity index (χ0v) is 13.6. The van der Waals surface area contributed by atoms with E-state index in [0.29, 0.717) is 0 Å². The molecule has 0 spiro atoms. The Morgan fingerprint density at radius 2 is 1.78 bits per heavy atom. The highest BCUT2D eigenvalue weighted by molar-refractivity contribution is 6.74. The number of carbonyl (C=O) groups is 1. The fraction of sp³-hybridized carbons (Fsp3) is 0.800. The van der Waals surface area contributed by atoms with Crippen molar-refractivity contribution < 1.29 is 9.22 Å². The molecular formula is C15H30O2Si. The van der Waals surface area contributed by atoms with Gasteiger partial charge in [-0.3, -0.25) is 4.79 Å². The molecule has 0 aromatic rings. The molecule has 1 unspecified atom stereocenters. The van der Waals surface area contributed by atoms with Crippen LogP contribution >= 0.6 is 0 Å². The molecule has 0 aliphatic heterocycles. The molecule has 0 bridgehead atoms. The van der Waals surface area contributed by atoms with Crippen LogP contribution in [-0.4, -0.2) is 14.3 Å². The summed E-state index contributed by atoms with van der Waals surface area (Å²) >= 11 is 0. The molecule has 0 aromatic carbocycles. The molecule has 1 atom stereocenters. The summed E-state index contributed by atoms with van der Waals surface area (Å²) in [7, 11) is -1.80. The van der Waals surface area contributed by atoms with Gasteiger partial charge in [-0.25, -0.2) is 0 Å². The molecule has 0 saturated carbocycles. The monoisotopic (exact) mass is 270 g/mol. The Morgan fingerprint density at radius 1 is 1.22 bits per heavy atom. The maximum atomic E-state index is 12.3. The summed E-state index contributed by atoms with van der Waals surface area (Å²) in [6.07, 6.45) is 5.74. The first-order valence-electron chi connectivity index (χ1n) is 7.42. The van der Waals surface area contributed by atoms with Crippen LogP contribution < -0.4 is 0 Å². The van der Waals surface area contributed by atoms with E-state index in [4.69, 9.17) is 4.43 Å². The maximum absolute atomic E-state index is 12.3. The van der Waals surface area contributed by atoms with E-state index in [1.54, 1.807) is 0 Å². The first kappa shape index (κ1) is 17.4. The fourth-order valence-electron chi connectivity index (χ4n) is 2.25. The lowest BCUT2D eigenvalue weighted by Crippen LogP contribution is -2.40. The van der Waals surface area contributed by atoms with Gasteiger partial charge in [0.05, 0.1) is 5.92 Å². The Bertz CT molecular complexity index is 239. The lowest BCUT2D eigenvalue weighted by molar-refractivity contribution is -0.140. The predicted octanol–water partition coefficient (Wildman–Crippen LogP) is 4.92. The Hall–Kier alpha value is -0.573. The van der Waals surface area contributed by atoms with Gasteiger partial charge in [0.1, 0.15) is 0 Å². The summed E-state index contributed by atoms with van der Waals surface area (Å²) in [5.41, 5.74) is 0. The van der Waals surface area contributed by atoms with E-state index < -0.39 is 8.32 Å². The lowest BCUT2D eigenvalue weighted by Gasteiger charge is -2.29. The summed E-state index contributed by atoms with van der Waals surface area (Å²) in [6, 6.07) is 3.08. The van der Waals surface area contributed by atoms with Crippen molar-refractivity contribution in [2.75, 3.05) is 0 Å². The molecule has 0 saturated heterocycles. The van der Waals surface area contributed by atoms with Gasteiger partial charge in [0.15, 0.2) is 0 Å². The summed E-state index contributed by atoms with van der Waals surface area (Å²) in [5, 5.41) is 0. The summed E-state index contributed by atoms with van der Waals surface area (Å²) in [5.74, 6) is 0.0551. The topological polar surface area (TPSA) is 26.3 Å². The van der Waals surface area contributed by atoms with Gasteiger partial charge in [-0.15, -0.1) is 6.58 Å². The summed E-state index contributed by atoms with van der Waals surface area (Å²) < 4.78 is 5.95. The second kappa shape index (κ2) is 9.37. The largest absolute Gasteiger partial charge is 0.519 e. The highest BCUT2D eigenvalue weighted by Gasteiger charge is 2.34. The Balaban J connectivity index is 4.60. The second-order valence-corrected chi connectivity index (χ2v) is 9.72. The average molecular weight is 270 g/mol. The van der Waals surface area contributed by atoms with Crippen LogP contribution in [0.3, 0.4) is 0 Å². The molecule has 0 heterocycles. The smallest absolute Gasteiger partial charge is 0.295 e. The van der Waals surface area contributed by atoms with Crippen molar-refractivity contribution in [3.63, 3.8) is 0 Å². The molecule has 0 fully saturated rings. The van der Waals surface area contributed by atoms with E-state index in [2.05, 4.69) is 34.3 Å². The van der Waals surface area contributed by atoms with E-state index in [-0.39, 0.29) is 11.9 Å². The third kappa shape index (κ3) is 5.38. The molecule has 0 aliphatic rings. The van der Waals surface area contributed by atoms with Gasteiger partial charge in [-0.05, 0) is 31.0 Å². The molecule has 3 heteroatoms. The van der Waals surface area contributed by atoms with Crippen molar-refractivity contribution >= 4 is 14.3 Å². The molecular weight excluding hydrogens is 240 g/mol. The Kier molecular flexibility index (Phi) is 9.07. The Labute approximate surface area is 114 Å². The van der Waals surface area contributed by atoms with Crippen molar-refractivity contribution in [1.29, 1.82) is 0 Å². The predicted molar refractivity (Wildman–Crippen MR) is 81.1 cm³/mol. The first-order chi connectivity index (χ1) is 8.59. The van der Waals surface area contributed by atoms with Gasteiger partial charge in [0.25, 0.3) is 14.3 Å². The second-order valence-electron chi connectivity index (χ2n) is 5.03. The standard InChI is InChI=1S/C15H30O2Si/c1-6-11-13-14(12-7-2)15(16)17-18(8-3,9-4)10-5/h7,14H,2,6,8-13H2,1,3-5H3. The molecule has 2 nitrogen and oxygen atoms in total. The van der Waals surface area contributed by atoms with E-state index in [9.17, 15) is 4.79 Å². The van der Waals surface area contributed by atoms with Gasteiger partial charge in [-0.2, -0.15) is 0 Å².